The summed E-state index contributed by atoms with van der Waals surface area (Å²) in [4.78, 5) is 2.47. The van der Waals surface area contributed by atoms with Crippen LogP contribution in [0.5, 0.6) is 0 Å². The van der Waals surface area contributed by atoms with Gasteiger partial charge in [0.1, 0.15) is 0 Å². The van der Waals surface area contributed by atoms with Crippen molar-refractivity contribution in [1.29, 1.82) is 0 Å². The van der Waals surface area contributed by atoms with Crippen LogP contribution in [0.2, 0.25) is 0 Å². The largest absolute Gasteiger partial charge is 0.353 e. The average Bonchev–Trinajstić information content (AvgIpc) is 2.68. The molecule has 3 heteroatoms. The Morgan fingerprint density at radius 1 is 1.47 bits per heavy atom. The molecule has 1 aromatic rings. The number of nitrogens with zero attached hydrogens (tertiary/aromatic N) is 2. The lowest BCUT2D eigenvalue weighted by Crippen LogP contribution is -2.45. The minimum Gasteiger partial charge on any atom is -0.353 e. The second kappa shape index (κ2) is 4.64. The number of piperazine rings is 1. The molecule has 15 heavy (non-hydrogen) atoms. The summed E-state index contributed by atoms with van der Waals surface area (Å²) in [6.07, 6.45) is 4.13. The zero-order valence-electron chi connectivity index (χ0n) is 9.32. The Balaban J connectivity index is 2.16. The normalized spacial score (nSPS) is 20.1. The van der Waals surface area contributed by atoms with Gasteiger partial charge in [-0.15, -0.1) is 6.58 Å². The fraction of sp³-hybridized carbons (Fsp3) is 0.500. The third kappa shape index (κ3) is 2.13. The summed E-state index contributed by atoms with van der Waals surface area (Å²) < 4.78 is 2.17. The first-order chi connectivity index (χ1) is 7.33. The van der Waals surface area contributed by atoms with Gasteiger partial charge in [-0.2, -0.15) is 0 Å². The van der Waals surface area contributed by atoms with E-state index in [2.05, 4.69) is 46.7 Å². The third-order valence-corrected chi connectivity index (χ3v) is 3.06. The summed E-state index contributed by atoms with van der Waals surface area (Å²) in [6.45, 7) is 8.31. The maximum atomic E-state index is 3.96. The molecule has 0 amide bonds. The highest BCUT2D eigenvalue weighted by atomic mass is 15.2. The molecule has 1 saturated heterocycles. The molecule has 1 atom stereocenters. The lowest BCUT2D eigenvalue weighted by atomic mass is 10.1. The van der Waals surface area contributed by atoms with Crippen LogP contribution in [0.1, 0.15) is 11.7 Å². The number of rotatable bonds is 3. The van der Waals surface area contributed by atoms with Gasteiger partial charge in [0.15, 0.2) is 0 Å². The molecule has 1 aliphatic rings. The van der Waals surface area contributed by atoms with E-state index in [9.17, 15) is 0 Å². The van der Waals surface area contributed by atoms with Gasteiger partial charge in [-0.25, -0.2) is 0 Å². The fourth-order valence-electron chi connectivity index (χ4n) is 2.20. The molecule has 0 saturated carbocycles. The van der Waals surface area contributed by atoms with Crippen molar-refractivity contribution < 1.29 is 0 Å². The van der Waals surface area contributed by atoms with E-state index in [1.165, 1.54) is 5.69 Å². The summed E-state index contributed by atoms with van der Waals surface area (Å²) in [5.41, 5.74) is 1.33. The molecular formula is C12H19N3. The van der Waals surface area contributed by atoms with E-state index in [4.69, 9.17) is 0 Å². The predicted molar refractivity (Wildman–Crippen MR) is 62.8 cm³/mol. The predicted octanol–water partition coefficient (Wildman–Crippen LogP) is 1.16. The smallest absolute Gasteiger partial charge is 0.0684 e. The van der Waals surface area contributed by atoms with Crippen LogP contribution in [0.4, 0.5) is 0 Å². The molecule has 1 fully saturated rings. The zero-order valence-corrected chi connectivity index (χ0v) is 9.32. The summed E-state index contributed by atoms with van der Waals surface area (Å²) in [5, 5.41) is 3.37. The van der Waals surface area contributed by atoms with Gasteiger partial charge in [-0.3, -0.25) is 4.90 Å². The van der Waals surface area contributed by atoms with Crippen molar-refractivity contribution in [2.45, 2.75) is 6.04 Å². The van der Waals surface area contributed by atoms with Crippen LogP contribution in [0.25, 0.3) is 0 Å². The molecule has 0 bridgehead atoms. The standard InChI is InChI=1S/C12H19N3/c1-3-11(12-5-4-8-14(12)2)15-9-6-13-7-10-15/h3-5,8,11,13H,1,6-7,9-10H2,2H3/t11-/m1/s1. The van der Waals surface area contributed by atoms with Crippen LogP contribution in [0, 0.1) is 0 Å². The molecule has 1 N–H and O–H groups in total. The Hall–Kier alpha value is -1.06. The number of hydrogen-bond donors (Lipinski definition) is 1. The van der Waals surface area contributed by atoms with E-state index in [0.29, 0.717) is 6.04 Å². The quantitative estimate of drug-likeness (QED) is 0.747. The summed E-state index contributed by atoms with van der Waals surface area (Å²) in [5.74, 6) is 0. The van der Waals surface area contributed by atoms with E-state index in [0.717, 1.165) is 26.2 Å². The Morgan fingerprint density at radius 2 is 2.20 bits per heavy atom. The maximum absolute atomic E-state index is 3.96. The topological polar surface area (TPSA) is 20.2 Å². The van der Waals surface area contributed by atoms with Gasteiger partial charge < -0.3 is 9.88 Å². The van der Waals surface area contributed by atoms with Crippen molar-refractivity contribution >= 4 is 0 Å². The van der Waals surface area contributed by atoms with Crippen LogP contribution in [0.3, 0.4) is 0 Å². The molecule has 3 nitrogen and oxygen atoms in total. The number of hydrogen-bond acceptors (Lipinski definition) is 2. The molecule has 0 spiro atoms. The Bertz CT molecular complexity index is 323. The third-order valence-electron chi connectivity index (χ3n) is 3.06. The molecule has 1 aromatic heterocycles. The monoisotopic (exact) mass is 205 g/mol. The molecule has 0 radical (unpaired) electrons. The molecule has 1 aliphatic heterocycles. The second-order valence-corrected chi connectivity index (χ2v) is 4.01. The van der Waals surface area contributed by atoms with E-state index in [1.807, 2.05) is 6.08 Å². The lowest BCUT2D eigenvalue weighted by molar-refractivity contribution is 0.198. The molecule has 2 rings (SSSR count). The van der Waals surface area contributed by atoms with Crippen LogP contribution in [-0.4, -0.2) is 35.6 Å². The highest BCUT2D eigenvalue weighted by Crippen LogP contribution is 2.21. The van der Waals surface area contributed by atoms with Crippen molar-refractivity contribution in [3.8, 4) is 0 Å². The Kier molecular flexibility index (Phi) is 3.23. The summed E-state index contributed by atoms with van der Waals surface area (Å²) >= 11 is 0. The SMILES string of the molecule is C=C[C@H](c1cccn1C)N1CCNCC1. The minimum absolute atomic E-state index is 0.354. The van der Waals surface area contributed by atoms with E-state index >= 15 is 0 Å². The van der Waals surface area contributed by atoms with Gasteiger partial charge in [0.05, 0.1) is 6.04 Å². The minimum atomic E-state index is 0.354. The molecule has 0 unspecified atom stereocenters. The first-order valence-corrected chi connectivity index (χ1v) is 5.51. The zero-order chi connectivity index (χ0) is 10.7. The molecular weight excluding hydrogens is 186 g/mol. The van der Waals surface area contributed by atoms with Gasteiger partial charge >= 0.3 is 0 Å². The number of aromatic nitrogens is 1. The first-order valence-electron chi connectivity index (χ1n) is 5.51. The maximum Gasteiger partial charge on any atom is 0.0684 e. The van der Waals surface area contributed by atoms with E-state index in [1.54, 1.807) is 0 Å². The van der Waals surface area contributed by atoms with E-state index in [-0.39, 0.29) is 0 Å². The van der Waals surface area contributed by atoms with Crippen molar-refractivity contribution in [2.75, 3.05) is 26.2 Å². The van der Waals surface area contributed by atoms with Crippen LogP contribution in [-0.2, 0) is 7.05 Å². The van der Waals surface area contributed by atoms with E-state index < -0.39 is 0 Å². The highest BCUT2D eigenvalue weighted by molar-refractivity contribution is 5.16. The summed E-state index contributed by atoms with van der Waals surface area (Å²) in [6, 6.07) is 4.62. The molecule has 2 heterocycles. The number of nitrogens with one attached hydrogen (secondary N) is 1. The van der Waals surface area contributed by atoms with Gasteiger partial charge in [0.25, 0.3) is 0 Å². The molecule has 0 aromatic carbocycles. The Morgan fingerprint density at radius 3 is 2.73 bits per heavy atom. The van der Waals surface area contributed by atoms with Crippen molar-refractivity contribution in [3.05, 3.63) is 36.7 Å². The van der Waals surface area contributed by atoms with Crippen molar-refractivity contribution in [2.24, 2.45) is 7.05 Å². The summed E-state index contributed by atoms with van der Waals surface area (Å²) in [7, 11) is 2.09. The first kappa shape index (κ1) is 10.5. The second-order valence-electron chi connectivity index (χ2n) is 4.01. The molecule has 0 aliphatic carbocycles. The number of aryl methyl sites for hydroxylation is 1. The average molecular weight is 205 g/mol. The van der Waals surface area contributed by atoms with Gasteiger partial charge in [0.2, 0.25) is 0 Å². The van der Waals surface area contributed by atoms with Crippen molar-refractivity contribution in [1.82, 2.24) is 14.8 Å². The van der Waals surface area contributed by atoms with Crippen LogP contribution in [0.15, 0.2) is 31.0 Å². The van der Waals surface area contributed by atoms with Crippen LogP contribution >= 0.6 is 0 Å². The van der Waals surface area contributed by atoms with Crippen LogP contribution < -0.4 is 5.32 Å². The van der Waals surface area contributed by atoms with Gasteiger partial charge in [-0.1, -0.05) is 6.08 Å². The fourth-order valence-corrected chi connectivity index (χ4v) is 2.20. The highest BCUT2D eigenvalue weighted by Gasteiger charge is 2.20. The van der Waals surface area contributed by atoms with Gasteiger partial charge in [-0.05, 0) is 12.1 Å². The lowest BCUT2D eigenvalue weighted by Gasteiger charge is -2.33. The Labute approximate surface area is 91.4 Å². The molecule has 82 valence electrons. The van der Waals surface area contributed by atoms with Gasteiger partial charge in [0, 0.05) is 45.1 Å². The van der Waals surface area contributed by atoms with Crippen molar-refractivity contribution in [3.63, 3.8) is 0 Å².